The molecule has 0 saturated heterocycles. The van der Waals surface area contributed by atoms with Gasteiger partial charge in [0, 0.05) is 12.0 Å². The normalized spacial score (nSPS) is 14.3. The number of esters is 1. The Morgan fingerprint density at radius 2 is 1.76 bits per heavy atom. The smallest absolute Gasteiger partial charge is 0.323 e. The maximum Gasteiger partial charge on any atom is 0.323 e. The van der Waals surface area contributed by atoms with E-state index in [-0.39, 0.29) is 18.6 Å². The van der Waals surface area contributed by atoms with Crippen molar-refractivity contribution in [2.75, 3.05) is 6.61 Å². The molecule has 0 aromatic heterocycles. The second-order valence-corrected chi connectivity index (χ2v) is 4.71. The van der Waals surface area contributed by atoms with Crippen LogP contribution in [0.4, 0.5) is 8.78 Å². The number of rotatable bonds is 7. The van der Waals surface area contributed by atoms with Crippen molar-refractivity contribution in [1.29, 1.82) is 0 Å². The zero-order valence-corrected chi connectivity index (χ0v) is 11.9. The molecular weight excluding hydrogens is 282 g/mol. The fraction of sp³-hybridized carbons (Fsp3) is 0.467. The first-order chi connectivity index (χ1) is 9.80. The first-order valence-electron chi connectivity index (χ1n) is 6.64. The lowest BCUT2D eigenvalue weighted by molar-refractivity contribution is -0.177. The van der Waals surface area contributed by atoms with E-state index in [1.165, 1.54) is 38.1 Å². The molecule has 1 N–H and O–H groups in total. The summed E-state index contributed by atoms with van der Waals surface area (Å²) in [6.45, 7) is 2.81. The highest BCUT2D eigenvalue weighted by molar-refractivity contribution is 5.99. The summed E-state index contributed by atoms with van der Waals surface area (Å²) in [5.41, 5.74) is -2.58. The fourth-order valence-electron chi connectivity index (χ4n) is 2.09. The molecule has 1 unspecified atom stereocenters. The average molecular weight is 300 g/mol. The van der Waals surface area contributed by atoms with E-state index in [0.717, 1.165) is 0 Å². The number of aliphatic carboxylic acids is 1. The van der Waals surface area contributed by atoms with Crippen LogP contribution in [0.25, 0.3) is 0 Å². The number of ether oxygens (including phenoxy) is 1. The lowest BCUT2D eigenvalue weighted by Crippen LogP contribution is -2.44. The molecular formula is C15H18F2O4. The van der Waals surface area contributed by atoms with Crippen LogP contribution in [-0.4, -0.2) is 23.7 Å². The van der Waals surface area contributed by atoms with E-state index in [0.29, 0.717) is 0 Å². The van der Waals surface area contributed by atoms with Gasteiger partial charge in [0.2, 0.25) is 0 Å². The molecule has 1 atom stereocenters. The number of carbonyl (C=O) groups is 2. The van der Waals surface area contributed by atoms with Crippen LogP contribution < -0.4 is 0 Å². The molecule has 0 amide bonds. The van der Waals surface area contributed by atoms with Gasteiger partial charge in [-0.25, -0.2) is 8.78 Å². The second kappa shape index (κ2) is 6.65. The molecule has 21 heavy (non-hydrogen) atoms. The molecule has 0 spiro atoms. The predicted molar refractivity (Wildman–Crippen MR) is 71.9 cm³/mol. The summed E-state index contributed by atoms with van der Waals surface area (Å²) in [6, 6.07) is 6.85. The van der Waals surface area contributed by atoms with Crippen molar-refractivity contribution in [1.82, 2.24) is 0 Å². The van der Waals surface area contributed by atoms with Gasteiger partial charge >= 0.3 is 11.9 Å². The SMILES string of the molecule is CCOC(=O)C(CC)(CC(F)(F)c1ccccc1)C(=O)O. The summed E-state index contributed by atoms with van der Waals surface area (Å²) < 4.78 is 33.3. The Bertz CT molecular complexity index is 502. The zero-order chi connectivity index (χ0) is 16.1. The van der Waals surface area contributed by atoms with Crippen LogP contribution in [0.2, 0.25) is 0 Å². The summed E-state index contributed by atoms with van der Waals surface area (Å²) in [5, 5.41) is 9.30. The molecule has 0 bridgehead atoms. The highest BCUT2D eigenvalue weighted by atomic mass is 19.3. The number of alkyl halides is 2. The van der Waals surface area contributed by atoms with Gasteiger partial charge < -0.3 is 9.84 Å². The van der Waals surface area contributed by atoms with Gasteiger partial charge in [-0.05, 0) is 13.3 Å². The largest absolute Gasteiger partial charge is 0.480 e. The Morgan fingerprint density at radius 1 is 1.19 bits per heavy atom. The Morgan fingerprint density at radius 3 is 2.19 bits per heavy atom. The molecule has 4 nitrogen and oxygen atoms in total. The lowest BCUT2D eigenvalue weighted by atomic mass is 9.78. The van der Waals surface area contributed by atoms with Gasteiger partial charge in [0.25, 0.3) is 5.92 Å². The molecule has 6 heteroatoms. The third kappa shape index (κ3) is 3.56. The molecule has 0 aliphatic carbocycles. The summed E-state index contributed by atoms with van der Waals surface area (Å²) in [6.07, 6.45) is -1.40. The van der Waals surface area contributed by atoms with E-state index in [2.05, 4.69) is 4.74 Å². The van der Waals surface area contributed by atoms with E-state index in [1.807, 2.05) is 0 Å². The van der Waals surface area contributed by atoms with Crippen molar-refractivity contribution >= 4 is 11.9 Å². The van der Waals surface area contributed by atoms with E-state index >= 15 is 0 Å². The molecule has 0 saturated carbocycles. The second-order valence-electron chi connectivity index (χ2n) is 4.71. The number of hydrogen-bond donors (Lipinski definition) is 1. The first-order valence-corrected chi connectivity index (χ1v) is 6.64. The Hall–Kier alpha value is -1.98. The molecule has 0 aliphatic heterocycles. The van der Waals surface area contributed by atoms with Crippen LogP contribution in [0.3, 0.4) is 0 Å². The minimum atomic E-state index is -3.44. The van der Waals surface area contributed by atoms with Gasteiger partial charge in [0.05, 0.1) is 6.61 Å². The monoisotopic (exact) mass is 300 g/mol. The highest BCUT2D eigenvalue weighted by Gasteiger charge is 2.53. The first kappa shape index (κ1) is 17.1. The van der Waals surface area contributed by atoms with Crippen molar-refractivity contribution in [3.63, 3.8) is 0 Å². The van der Waals surface area contributed by atoms with Gasteiger partial charge in [0.1, 0.15) is 0 Å². The molecule has 116 valence electrons. The van der Waals surface area contributed by atoms with Crippen molar-refractivity contribution < 1.29 is 28.2 Å². The zero-order valence-electron chi connectivity index (χ0n) is 11.9. The lowest BCUT2D eigenvalue weighted by Gasteiger charge is -2.30. The van der Waals surface area contributed by atoms with E-state index in [4.69, 9.17) is 0 Å². The quantitative estimate of drug-likeness (QED) is 0.620. The van der Waals surface area contributed by atoms with Gasteiger partial charge in [-0.2, -0.15) is 0 Å². The van der Waals surface area contributed by atoms with Crippen LogP contribution in [0.15, 0.2) is 30.3 Å². The maximum absolute atomic E-state index is 14.3. The maximum atomic E-state index is 14.3. The van der Waals surface area contributed by atoms with Crippen molar-refractivity contribution in [2.45, 2.75) is 32.6 Å². The number of carbonyl (C=O) groups excluding carboxylic acids is 1. The number of carboxylic acids is 1. The molecule has 1 aromatic rings. The highest BCUT2D eigenvalue weighted by Crippen LogP contribution is 2.42. The van der Waals surface area contributed by atoms with Gasteiger partial charge in [-0.1, -0.05) is 37.3 Å². The van der Waals surface area contributed by atoms with Crippen LogP contribution in [0, 0.1) is 5.41 Å². The molecule has 1 aromatic carbocycles. The third-order valence-corrected chi connectivity index (χ3v) is 3.40. The van der Waals surface area contributed by atoms with Crippen molar-refractivity contribution in [2.24, 2.45) is 5.41 Å². The summed E-state index contributed by atoms with van der Waals surface area (Å²) >= 11 is 0. The van der Waals surface area contributed by atoms with Gasteiger partial charge in [0.15, 0.2) is 5.41 Å². The standard InChI is InChI=1S/C15H18F2O4/c1-3-14(12(18)19,13(20)21-4-2)10-15(16,17)11-8-6-5-7-9-11/h5-9H,3-4,10H2,1-2H3,(H,18,19). The van der Waals surface area contributed by atoms with Crippen LogP contribution >= 0.6 is 0 Å². The number of carboxylic acid groups (broad SMARTS) is 1. The molecule has 0 aliphatic rings. The van der Waals surface area contributed by atoms with E-state index < -0.39 is 29.7 Å². The topological polar surface area (TPSA) is 63.6 Å². The Labute approximate surface area is 121 Å². The Balaban J connectivity index is 3.17. The minimum absolute atomic E-state index is 0.0647. The fourth-order valence-corrected chi connectivity index (χ4v) is 2.09. The molecule has 0 radical (unpaired) electrons. The van der Waals surface area contributed by atoms with Gasteiger partial charge in [-0.3, -0.25) is 9.59 Å². The predicted octanol–water partition coefficient (Wildman–Crippen LogP) is 3.21. The molecule has 0 fully saturated rings. The third-order valence-electron chi connectivity index (χ3n) is 3.40. The summed E-state index contributed by atoms with van der Waals surface area (Å²) in [7, 11) is 0. The minimum Gasteiger partial charge on any atom is -0.480 e. The van der Waals surface area contributed by atoms with Crippen molar-refractivity contribution in [3.05, 3.63) is 35.9 Å². The van der Waals surface area contributed by atoms with E-state index in [9.17, 15) is 23.5 Å². The van der Waals surface area contributed by atoms with Gasteiger partial charge in [-0.15, -0.1) is 0 Å². The average Bonchev–Trinajstić information content (AvgIpc) is 2.45. The molecule has 0 heterocycles. The van der Waals surface area contributed by atoms with Crippen LogP contribution in [0.5, 0.6) is 0 Å². The van der Waals surface area contributed by atoms with Crippen molar-refractivity contribution in [3.8, 4) is 0 Å². The molecule has 1 rings (SSSR count). The number of hydrogen-bond acceptors (Lipinski definition) is 3. The number of halogens is 2. The van der Waals surface area contributed by atoms with Crippen LogP contribution in [0.1, 0.15) is 32.3 Å². The number of benzene rings is 1. The van der Waals surface area contributed by atoms with Crippen LogP contribution in [-0.2, 0) is 20.2 Å². The van der Waals surface area contributed by atoms with E-state index in [1.54, 1.807) is 6.07 Å². The summed E-state index contributed by atoms with van der Waals surface area (Å²) in [4.78, 5) is 23.4. The summed E-state index contributed by atoms with van der Waals surface area (Å²) in [5.74, 6) is -6.17. The Kier molecular flexibility index (Phi) is 5.41.